The summed E-state index contributed by atoms with van der Waals surface area (Å²) < 4.78 is 0. The molecule has 0 fully saturated rings. The quantitative estimate of drug-likeness (QED) is 0.762. The summed E-state index contributed by atoms with van der Waals surface area (Å²) in [6.07, 6.45) is 0. The van der Waals surface area contributed by atoms with E-state index in [2.05, 4.69) is 15.5 Å². The van der Waals surface area contributed by atoms with E-state index in [9.17, 15) is 5.11 Å². The van der Waals surface area contributed by atoms with Crippen LogP contribution in [0.15, 0.2) is 6.07 Å². The van der Waals surface area contributed by atoms with Crippen LogP contribution < -0.4 is 5.32 Å². The van der Waals surface area contributed by atoms with Crippen molar-refractivity contribution in [2.45, 2.75) is 33.3 Å². The Balaban J connectivity index is 2.65. The zero-order chi connectivity index (χ0) is 10.8. The van der Waals surface area contributed by atoms with Crippen molar-refractivity contribution in [1.29, 1.82) is 0 Å². The van der Waals surface area contributed by atoms with E-state index in [0.29, 0.717) is 12.4 Å². The van der Waals surface area contributed by atoms with Gasteiger partial charge >= 0.3 is 0 Å². The van der Waals surface area contributed by atoms with Crippen LogP contribution in [-0.4, -0.2) is 27.4 Å². The average Bonchev–Trinajstić information content (AvgIpc) is 2.06. The first kappa shape index (κ1) is 10.9. The minimum atomic E-state index is -0.736. The van der Waals surface area contributed by atoms with Crippen molar-refractivity contribution in [1.82, 2.24) is 10.2 Å². The summed E-state index contributed by atoms with van der Waals surface area (Å²) in [5, 5.41) is 20.5. The molecule has 0 spiro atoms. The number of aliphatic hydroxyl groups is 1. The lowest BCUT2D eigenvalue weighted by Crippen LogP contribution is -2.29. The Morgan fingerprint density at radius 1 is 1.36 bits per heavy atom. The molecule has 0 radical (unpaired) electrons. The van der Waals surface area contributed by atoms with Gasteiger partial charge in [0.25, 0.3) is 0 Å². The van der Waals surface area contributed by atoms with E-state index in [-0.39, 0.29) is 0 Å². The summed E-state index contributed by atoms with van der Waals surface area (Å²) in [4.78, 5) is 0. The molecule has 4 nitrogen and oxygen atoms in total. The van der Waals surface area contributed by atoms with Crippen molar-refractivity contribution < 1.29 is 5.11 Å². The molecule has 0 saturated heterocycles. The Hall–Kier alpha value is -1.16. The molecule has 0 bridgehead atoms. The molecule has 1 aromatic rings. The normalized spacial score (nSPS) is 11.5. The maximum Gasteiger partial charge on any atom is 0.149 e. The maximum atomic E-state index is 9.49. The largest absolute Gasteiger partial charge is 0.389 e. The van der Waals surface area contributed by atoms with Crippen LogP contribution >= 0.6 is 0 Å². The van der Waals surface area contributed by atoms with E-state index < -0.39 is 5.60 Å². The second-order valence-corrected chi connectivity index (χ2v) is 4.16. The fourth-order valence-electron chi connectivity index (χ4n) is 0.939. The van der Waals surface area contributed by atoms with E-state index in [0.717, 1.165) is 11.3 Å². The first-order chi connectivity index (χ1) is 6.38. The number of hydrogen-bond donors (Lipinski definition) is 2. The minimum absolute atomic E-state index is 0.462. The van der Waals surface area contributed by atoms with Crippen molar-refractivity contribution >= 4 is 5.82 Å². The molecule has 78 valence electrons. The van der Waals surface area contributed by atoms with Crippen LogP contribution in [-0.2, 0) is 0 Å². The molecule has 0 amide bonds. The molecule has 1 heterocycles. The van der Waals surface area contributed by atoms with Gasteiger partial charge in [-0.15, -0.1) is 5.10 Å². The number of hydrogen-bond acceptors (Lipinski definition) is 4. The third kappa shape index (κ3) is 3.30. The highest BCUT2D eigenvalue weighted by Crippen LogP contribution is 2.09. The van der Waals surface area contributed by atoms with Crippen molar-refractivity contribution in [3.63, 3.8) is 0 Å². The predicted octanol–water partition coefficient (Wildman–Crippen LogP) is 1.28. The van der Waals surface area contributed by atoms with Crippen LogP contribution in [0.4, 0.5) is 5.82 Å². The van der Waals surface area contributed by atoms with Crippen molar-refractivity contribution in [3.8, 4) is 0 Å². The van der Waals surface area contributed by atoms with Gasteiger partial charge in [-0.1, -0.05) is 0 Å². The fraction of sp³-hybridized carbons (Fsp3) is 0.600. The van der Waals surface area contributed by atoms with Crippen LogP contribution in [0, 0.1) is 13.8 Å². The molecule has 0 aromatic carbocycles. The molecule has 0 saturated carbocycles. The monoisotopic (exact) mass is 195 g/mol. The highest BCUT2D eigenvalue weighted by molar-refractivity contribution is 5.37. The van der Waals surface area contributed by atoms with Crippen LogP contribution in [0.2, 0.25) is 0 Å². The van der Waals surface area contributed by atoms with Crippen LogP contribution in [0.3, 0.4) is 0 Å². The van der Waals surface area contributed by atoms with Crippen LogP contribution in [0.25, 0.3) is 0 Å². The minimum Gasteiger partial charge on any atom is -0.389 e. The van der Waals surface area contributed by atoms with Crippen molar-refractivity contribution in [2.75, 3.05) is 11.9 Å². The van der Waals surface area contributed by atoms with E-state index in [1.54, 1.807) is 13.8 Å². The highest BCUT2D eigenvalue weighted by Gasteiger charge is 2.12. The molecular formula is C10H17N3O. The molecule has 1 aromatic heterocycles. The first-order valence-corrected chi connectivity index (χ1v) is 4.66. The molecule has 4 heteroatoms. The van der Waals surface area contributed by atoms with Crippen molar-refractivity contribution in [3.05, 3.63) is 17.3 Å². The maximum absolute atomic E-state index is 9.49. The zero-order valence-corrected chi connectivity index (χ0v) is 9.13. The van der Waals surface area contributed by atoms with Gasteiger partial charge in [-0.05, 0) is 39.3 Å². The summed E-state index contributed by atoms with van der Waals surface area (Å²) in [5.41, 5.74) is 1.29. The molecule has 0 aliphatic rings. The molecular weight excluding hydrogens is 178 g/mol. The zero-order valence-electron chi connectivity index (χ0n) is 9.13. The number of aryl methyl sites for hydroxylation is 2. The second-order valence-electron chi connectivity index (χ2n) is 4.16. The Morgan fingerprint density at radius 3 is 2.50 bits per heavy atom. The molecule has 0 aliphatic carbocycles. The van der Waals surface area contributed by atoms with Gasteiger partial charge in [0, 0.05) is 6.54 Å². The van der Waals surface area contributed by atoms with Gasteiger partial charge in [-0.3, -0.25) is 0 Å². The van der Waals surface area contributed by atoms with Gasteiger partial charge in [0.1, 0.15) is 5.82 Å². The van der Waals surface area contributed by atoms with Gasteiger partial charge in [-0.25, -0.2) is 0 Å². The lowest BCUT2D eigenvalue weighted by molar-refractivity contribution is 0.0944. The topological polar surface area (TPSA) is 58.0 Å². The summed E-state index contributed by atoms with van der Waals surface area (Å²) in [5.74, 6) is 0.704. The molecule has 1 rings (SSSR count). The van der Waals surface area contributed by atoms with E-state index in [1.807, 2.05) is 19.9 Å². The van der Waals surface area contributed by atoms with E-state index in [4.69, 9.17) is 0 Å². The predicted molar refractivity (Wildman–Crippen MR) is 56.3 cm³/mol. The molecule has 0 aliphatic heterocycles. The van der Waals surface area contributed by atoms with Gasteiger partial charge in [-0.2, -0.15) is 5.10 Å². The Labute approximate surface area is 84.4 Å². The van der Waals surface area contributed by atoms with Gasteiger partial charge in [0.2, 0.25) is 0 Å². The van der Waals surface area contributed by atoms with Crippen LogP contribution in [0.5, 0.6) is 0 Å². The van der Waals surface area contributed by atoms with E-state index >= 15 is 0 Å². The third-order valence-corrected chi connectivity index (χ3v) is 1.93. The van der Waals surface area contributed by atoms with Crippen molar-refractivity contribution in [2.24, 2.45) is 0 Å². The van der Waals surface area contributed by atoms with Gasteiger partial charge in [0.05, 0.1) is 11.3 Å². The second kappa shape index (κ2) is 3.92. The summed E-state index contributed by atoms with van der Waals surface area (Å²) in [6, 6.07) is 1.92. The van der Waals surface area contributed by atoms with E-state index in [1.165, 1.54) is 0 Å². The molecule has 0 unspecified atom stereocenters. The standard InChI is InChI=1S/C10H17N3O/c1-7-5-9(13-12-8(7)2)11-6-10(3,4)14/h5,14H,6H2,1-4H3,(H,11,13). The molecule has 2 N–H and O–H groups in total. The SMILES string of the molecule is Cc1cc(NCC(C)(C)O)nnc1C. The summed E-state index contributed by atoms with van der Waals surface area (Å²) in [7, 11) is 0. The van der Waals surface area contributed by atoms with Gasteiger partial charge < -0.3 is 10.4 Å². The Bertz CT molecular complexity index is 318. The number of nitrogens with one attached hydrogen (secondary N) is 1. The number of aromatic nitrogens is 2. The fourth-order valence-corrected chi connectivity index (χ4v) is 0.939. The lowest BCUT2D eigenvalue weighted by atomic mass is 10.1. The average molecular weight is 195 g/mol. The first-order valence-electron chi connectivity index (χ1n) is 4.66. The number of nitrogens with zero attached hydrogens (tertiary/aromatic N) is 2. The molecule has 14 heavy (non-hydrogen) atoms. The highest BCUT2D eigenvalue weighted by atomic mass is 16.3. The Kier molecular flexibility index (Phi) is 3.06. The lowest BCUT2D eigenvalue weighted by Gasteiger charge is -2.17. The third-order valence-electron chi connectivity index (χ3n) is 1.93. The number of anilines is 1. The van der Waals surface area contributed by atoms with Crippen LogP contribution in [0.1, 0.15) is 25.1 Å². The molecule has 0 atom stereocenters. The summed E-state index contributed by atoms with van der Waals surface area (Å²) in [6.45, 7) is 7.86. The number of rotatable bonds is 3. The van der Waals surface area contributed by atoms with Gasteiger partial charge in [0.15, 0.2) is 0 Å². The summed E-state index contributed by atoms with van der Waals surface area (Å²) >= 11 is 0. The smallest absolute Gasteiger partial charge is 0.149 e. The Morgan fingerprint density at radius 2 is 2.00 bits per heavy atom.